The minimum atomic E-state index is -1.02. The fourth-order valence-corrected chi connectivity index (χ4v) is 2.95. The molecular formula is C24H17ClN2O4. The van der Waals surface area contributed by atoms with Gasteiger partial charge in [0.1, 0.15) is 24.0 Å². The molecule has 7 heteroatoms. The number of nitrogens with one attached hydrogen (secondary N) is 1. The number of carboxylic acid groups (broad SMARTS) is 1. The molecule has 0 heterocycles. The monoisotopic (exact) mass is 432 g/mol. The molecular weight excluding hydrogens is 416 g/mol. The highest BCUT2D eigenvalue weighted by molar-refractivity contribution is 6.31. The van der Waals surface area contributed by atoms with Crippen LogP contribution in [0.1, 0.15) is 21.5 Å². The lowest BCUT2D eigenvalue weighted by molar-refractivity contribution is -0.112. The molecule has 0 aromatic heterocycles. The first kappa shape index (κ1) is 21.6. The van der Waals surface area contributed by atoms with E-state index in [1.807, 2.05) is 6.07 Å². The average Bonchev–Trinajstić information content (AvgIpc) is 2.76. The van der Waals surface area contributed by atoms with Crippen molar-refractivity contribution in [3.05, 3.63) is 100 Å². The van der Waals surface area contributed by atoms with Crippen molar-refractivity contribution in [3.63, 3.8) is 0 Å². The number of carboxylic acids is 1. The van der Waals surface area contributed by atoms with Gasteiger partial charge in [0.15, 0.2) is 0 Å². The van der Waals surface area contributed by atoms with E-state index in [9.17, 15) is 14.9 Å². The summed E-state index contributed by atoms with van der Waals surface area (Å²) in [7, 11) is 0. The van der Waals surface area contributed by atoms with E-state index in [2.05, 4.69) is 5.32 Å². The number of ether oxygens (including phenoxy) is 1. The first-order valence-corrected chi connectivity index (χ1v) is 9.57. The second kappa shape index (κ2) is 10.1. The van der Waals surface area contributed by atoms with Gasteiger partial charge in [-0.1, -0.05) is 48.0 Å². The zero-order valence-corrected chi connectivity index (χ0v) is 17.0. The molecule has 31 heavy (non-hydrogen) atoms. The number of rotatable bonds is 7. The van der Waals surface area contributed by atoms with E-state index in [1.54, 1.807) is 60.7 Å². The number of hydrogen-bond donors (Lipinski definition) is 2. The molecule has 0 aliphatic rings. The van der Waals surface area contributed by atoms with Gasteiger partial charge in [0.25, 0.3) is 5.91 Å². The summed E-state index contributed by atoms with van der Waals surface area (Å²) in [6.45, 7) is 0.128. The van der Waals surface area contributed by atoms with Gasteiger partial charge in [-0.3, -0.25) is 4.79 Å². The SMILES string of the molecule is N#CC(=Cc1ccccc1OCc1cccc(C(=O)O)c1)C(=O)Nc1cccc(Cl)c1. The molecule has 0 radical (unpaired) electrons. The van der Waals surface area contributed by atoms with Gasteiger partial charge in [-0.05, 0) is 48.0 Å². The Bertz CT molecular complexity index is 1200. The summed E-state index contributed by atoms with van der Waals surface area (Å²) in [4.78, 5) is 23.6. The Hall–Kier alpha value is -4.08. The quantitative estimate of drug-likeness (QED) is 0.396. The molecule has 0 bridgehead atoms. The Kier molecular flexibility index (Phi) is 7.05. The smallest absolute Gasteiger partial charge is 0.335 e. The van der Waals surface area contributed by atoms with Crippen molar-refractivity contribution in [1.82, 2.24) is 0 Å². The summed E-state index contributed by atoms with van der Waals surface area (Å²) in [5.41, 5.74) is 1.75. The number of nitriles is 1. The van der Waals surface area contributed by atoms with E-state index in [1.165, 1.54) is 18.2 Å². The van der Waals surface area contributed by atoms with Gasteiger partial charge in [0.2, 0.25) is 0 Å². The van der Waals surface area contributed by atoms with Crippen molar-refractivity contribution in [2.45, 2.75) is 6.61 Å². The standard InChI is InChI=1S/C24H17ClN2O4/c25-20-8-4-9-21(13-20)27-23(28)19(14-26)12-17-6-1-2-10-22(17)31-15-16-5-3-7-18(11-16)24(29)30/h1-13H,15H2,(H,27,28)(H,29,30). The Labute approximate surface area is 184 Å². The third kappa shape index (κ3) is 5.95. The Morgan fingerprint density at radius 1 is 1.06 bits per heavy atom. The van der Waals surface area contributed by atoms with E-state index in [-0.39, 0.29) is 17.7 Å². The van der Waals surface area contributed by atoms with Gasteiger partial charge < -0.3 is 15.2 Å². The predicted molar refractivity (Wildman–Crippen MR) is 118 cm³/mol. The third-order valence-corrected chi connectivity index (χ3v) is 4.47. The molecule has 3 aromatic rings. The van der Waals surface area contributed by atoms with Crippen LogP contribution in [-0.2, 0) is 11.4 Å². The Balaban J connectivity index is 1.78. The van der Waals surface area contributed by atoms with Crippen LogP contribution >= 0.6 is 11.6 Å². The molecule has 6 nitrogen and oxygen atoms in total. The normalized spacial score (nSPS) is 10.8. The fourth-order valence-electron chi connectivity index (χ4n) is 2.76. The molecule has 0 atom stereocenters. The number of benzene rings is 3. The van der Waals surface area contributed by atoms with Crippen LogP contribution in [0.5, 0.6) is 5.75 Å². The van der Waals surface area contributed by atoms with Crippen LogP contribution < -0.4 is 10.1 Å². The summed E-state index contributed by atoms with van der Waals surface area (Å²) in [5.74, 6) is -1.14. The molecule has 0 fully saturated rings. The van der Waals surface area contributed by atoms with Crippen LogP contribution in [0.25, 0.3) is 6.08 Å². The average molecular weight is 433 g/mol. The highest BCUT2D eigenvalue weighted by atomic mass is 35.5. The number of nitrogens with zero attached hydrogens (tertiary/aromatic N) is 1. The number of para-hydroxylation sites is 1. The van der Waals surface area contributed by atoms with E-state index in [0.29, 0.717) is 27.6 Å². The predicted octanol–water partition coefficient (Wildman–Crippen LogP) is 5.16. The molecule has 0 saturated carbocycles. The maximum atomic E-state index is 12.5. The van der Waals surface area contributed by atoms with E-state index in [4.69, 9.17) is 21.4 Å². The van der Waals surface area contributed by atoms with Gasteiger partial charge >= 0.3 is 5.97 Å². The highest BCUT2D eigenvalue weighted by Crippen LogP contribution is 2.23. The van der Waals surface area contributed by atoms with Crippen molar-refractivity contribution in [2.75, 3.05) is 5.32 Å². The van der Waals surface area contributed by atoms with Crippen LogP contribution in [0.15, 0.2) is 78.4 Å². The summed E-state index contributed by atoms with van der Waals surface area (Å²) >= 11 is 5.92. The second-order valence-electron chi connectivity index (χ2n) is 6.47. The minimum Gasteiger partial charge on any atom is -0.488 e. The first-order chi connectivity index (χ1) is 15.0. The summed E-state index contributed by atoms with van der Waals surface area (Å²) in [6.07, 6.45) is 1.43. The molecule has 3 aromatic carbocycles. The van der Waals surface area contributed by atoms with Gasteiger partial charge in [-0.15, -0.1) is 0 Å². The van der Waals surface area contributed by atoms with Crippen molar-refractivity contribution in [3.8, 4) is 11.8 Å². The number of hydrogen-bond acceptors (Lipinski definition) is 4. The molecule has 3 rings (SSSR count). The number of amides is 1. The van der Waals surface area contributed by atoms with Crippen molar-refractivity contribution in [1.29, 1.82) is 5.26 Å². The van der Waals surface area contributed by atoms with Crippen LogP contribution in [0.3, 0.4) is 0 Å². The minimum absolute atomic E-state index is 0.107. The molecule has 0 unspecified atom stereocenters. The summed E-state index contributed by atoms with van der Waals surface area (Å²) in [5, 5.41) is 21.7. The van der Waals surface area contributed by atoms with E-state index in [0.717, 1.165) is 0 Å². The lowest BCUT2D eigenvalue weighted by Crippen LogP contribution is -2.13. The molecule has 2 N–H and O–H groups in total. The molecule has 154 valence electrons. The van der Waals surface area contributed by atoms with Gasteiger partial charge in [0, 0.05) is 16.3 Å². The number of anilines is 1. The fraction of sp³-hybridized carbons (Fsp3) is 0.0417. The van der Waals surface area contributed by atoms with Crippen LogP contribution in [0.2, 0.25) is 5.02 Å². The molecule has 0 aliphatic heterocycles. The van der Waals surface area contributed by atoms with Gasteiger partial charge in [-0.2, -0.15) is 5.26 Å². The number of halogens is 1. The molecule has 0 saturated heterocycles. The van der Waals surface area contributed by atoms with Crippen LogP contribution in [0, 0.1) is 11.3 Å². The van der Waals surface area contributed by atoms with Crippen LogP contribution in [-0.4, -0.2) is 17.0 Å². The zero-order chi connectivity index (χ0) is 22.2. The summed E-state index contributed by atoms with van der Waals surface area (Å²) < 4.78 is 5.82. The Morgan fingerprint density at radius 2 is 1.84 bits per heavy atom. The zero-order valence-electron chi connectivity index (χ0n) is 16.2. The van der Waals surface area contributed by atoms with Crippen molar-refractivity contribution in [2.24, 2.45) is 0 Å². The number of carbonyl (C=O) groups is 2. The van der Waals surface area contributed by atoms with E-state index >= 15 is 0 Å². The van der Waals surface area contributed by atoms with E-state index < -0.39 is 11.9 Å². The topological polar surface area (TPSA) is 99.4 Å². The lowest BCUT2D eigenvalue weighted by Gasteiger charge is -2.10. The van der Waals surface area contributed by atoms with Crippen molar-refractivity contribution < 1.29 is 19.4 Å². The van der Waals surface area contributed by atoms with Gasteiger partial charge in [0.05, 0.1) is 5.56 Å². The van der Waals surface area contributed by atoms with Gasteiger partial charge in [-0.25, -0.2) is 4.79 Å². The third-order valence-electron chi connectivity index (χ3n) is 4.23. The molecule has 0 spiro atoms. The van der Waals surface area contributed by atoms with Crippen LogP contribution in [0.4, 0.5) is 5.69 Å². The Morgan fingerprint density at radius 3 is 2.58 bits per heavy atom. The molecule has 0 aliphatic carbocycles. The second-order valence-corrected chi connectivity index (χ2v) is 6.90. The summed E-state index contributed by atoms with van der Waals surface area (Å²) in [6, 6.07) is 21.9. The maximum Gasteiger partial charge on any atom is 0.335 e. The maximum absolute atomic E-state index is 12.5. The largest absolute Gasteiger partial charge is 0.488 e. The number of aromatic carboxylic acids is 1. The lowest BCUT2D eigenvalue weighted by atomic mass is 10.1. The van der Waals surface area contributed by atoms with Crippen molar-refractivity contribution >= 4 is 35.2 Å². The number of carbonyl (C=O) groups excluding carboxylic acids is 1. The highest BCUT2D eigenvalue weighted by Gasteiger charge is 2.12. The molecule has 1 amide bonds. The first-order valence-electron chi connectivity index (χ1n) is 9.19.